The molecular formula is C15H21N5O. The van der Waals surface area contributed by atoms with Crippen LogP contribution in [0.4, 0.5) is 0 Å². The second kappa shape index (κ2) is 7.54. The topological polar surface area (TPSA) is 85.8 Å². The Labute approximate surface area is 124 Å². The maximum absolute atomic E-state index is 11.8. The highest BCUT2D eigenvalue weighted by molar-refractivity contribution is 5.75. The number of carbonyl (C=O) groups excluding carboxylic acids is 1. The molecule has 0 bridgehead atoms. The molecule has 1 heterocycles. The van der Waals surface area contributed by atoms with Gasteiger partial charge in [0, 0.05) is 32.5 Å². The normalized spacial score (nSPS) is 12.1. The molecule has 1 aromatic heterocycles. The molecule has 0 radical (unpaired) electrons. The number of rotatable bonds is 7. The zero-order valence-electron chi connectivity index (χ0n) is 12.2. The van der Waals surface area contributed by atoms with Crippen molar-refractivity contribution in [2.45, 2.75) is 25.3 Å². The van der Waals surface area contributed by atoms with E-state index in [0.29, 0.717) is 25.8 Å². The van der Waals surface area contributed by atoms with E-state index in [4.69, 9.17) is 5.73 Å². The van der Waals surface area contributed by atoms with Crippen molar-refractivity contribution in [1.82, 2.24) is 20.1 Å². The van der Waals surface area contributed by atoms with Crippen LogP contribution in [0.2, 0.25) is 0 Å². The van der Waals surface area contributed by atoms with Crippen LogP contribution in [-0.2, 0) is 18.3 Å². The summed E-state index contributed by atoms with van der Waals surface area (Å²) >= 11 is 0. The predicted molar refractivity (Wildman–Crippen MR) is 80.3 cm³/mol. The quantitative estimate of drug-likeness (QED) is 0.794. The van der Waals surface area contributed by atoms with Gasteiger partial charge in [0.15, 0.2) is 0 Å². The third kappa shape index (κ3) is 4.68. The molecule has 3 N–H and O–H groups in total. The van der Waals surface area contributed by atoms with E-state index in [9.17, 15) is 4.79 Å². The average molecular weight is 287 g/mol. The van der Waals surface area contributed by atoms with E-state index in [1.54, 1.807) is 6.33 Å². The highest BCUT2D eigenvalue weighted by Gasteiger charge is 2.09. The minimum absolute atomic E-state index is 0.0172. The molecule has 112 valence electrons. The van der Waals surface area contributed by atoms with Crippen molar-refractivity contribution >= 4 is 5.91 Å². The van der Waals surface area contributed by atoms with E-state index in [1.807, 2.05) is 41.9 Å². The maximum Gasteiger partial charge on any atom is 0.220 e. The Bertz CT molecular complexity index is 566. The van der Waals surface area contributed by atoms with Crippen molar-refractivity contribution in [1.29, 1.82) is 0 Å². The zero-order valence-corrected chi connectivity index (χ0v) is 12.2. The first kappa shape index (κ1) is 15.2. The molecule has 0 aliphatic carbocycles. The molecule has 1 amide bonds. The number of aromatic nitrogens is 3. The largest absolute Gasteiger partial charge is 0.356 e. The smallest absolute Gasteiger partial charge is 0.220 e. The zero-order chi connectivity index (χ0) is 15.1. The minimum atomic E-state index is -0.101. The summed E-state index contributed by atoms with van der Waals surface area (Å²) in [7, 11) is 1.88. The van der Waals surface area contributed by atoms with Crippen molar-refractivity contribution in [3.8, 4) is 0 Å². The van der Waals surface area contributed by atoms with Gasteiger partial charge in [0.05, 0.1) is 0 Å². The predicted octanol–water partition coefficient (Wildman–Crippen LogP) is 0.954. The van der Waals surface area contributed by atoms with Gasteiger partial charge in [-0.15, -0.1) is 10.2 Å². The van der Waals surface area contributed by atoms with E-state index in [1.165, 1.54) is 0 Å². The van der Waals surface area contributed by atoms with Gasteiger partial charge in [-0.2, -0.15) is 0 Å². The molecule has 1 atom stereocenters. The summed E-state index contributed by atoms with van der Waals surface area (Å²) in [6, 6.07) is 9.73. The van der Waals surface area contributed by atoms with Crippen molar-refractivity contribution in [3.05, 3.63) is 48.0 Å². The molecule has 0 saturated carbocycles. The highest BCUT2D eigenvalue weighted by atomic mass is 16.1. The summed E-state index contributed by atoms with van der Waals surface area (Å²) in [4.78, 5) is 11.8. The van der Waals surface area contributed by atoms with Crippen LogP contribution in [0.1, 0.15) is 30.3 Å². The van der Waals surface area contributed by atoms with Crippen molar-refractivity contribution < 1.29 is 4.79 Å². The highest BCUT2D eigenvalue weighted by Crippen LogP contribution is 2.14. The summed E-state index contributed by atoms with van der Waals surface area (Å²) in [5.41, 5.74) is 7.13. The van der Waals surface area contributed by atoms with Crippen LogP contribution in [-0.4, -0.2) is 27.2 Å². The van der Waals surface area contributed by atoms with E-state index >= 15 is 0 Å². The molecule has 0 aliphatic rings. The number of carbonyl (C=O) groups is 1. The number of nitrogens with two attached hydrogens (primary N) is 1. The molecule has 2 aromatic rings. The van der Waals surface area contributed by atoms with Gasteiger partial charge in [-0.05, 0) is 12.0 Å². The molecule has 0 saturated heterocycles. The van der Waals surface area contributed by atoms with Crippen LogP contribution < -0.4 is 11.1 Å². The Morgan fingerprint density at radius 2 is 2.14 bits per heavy atom. The lowest BCUT2D eigenvalue weighted by molar-refractivity contribution is -0.121. The van der Waals surface area contributed by atoms with Crippen molar-refractivity contribution in [2.75, 3.05) is 6.54 Å². The summed E-state index contributed by atoms with van der Waals surface area (Å²) in [6.07, 6.45) is 3.39. The number of nitrogens with zero attached hydrogens (tertiary/aromatic N) is 3. The molecule has 6 heteroatoms. The standard InChI is InChI=1S/C15H21N5O/c1-20-11-18-19-14(20)9-10-17-15(21)8-7-13(16)12-5-3-2-4-6-12/h2-6,11,13H,7-10,16H2,1H3,(H,17,21). The van der Waals surface area contributed by atoms with Gasteiger partial charge >= 0.3 is 0 Å². The number of hydrogen-bond acceptors (Lipinski definition) is 4. The molecule has 6 nitrogen and oxygen atoms in total. The van der Waals surface area contributed by atoms with Crippen molar-refractivity contribution in [3.63, 3.8) is 0 Å². The van der Waals surface area contributed by atoms with E-state index in [-0.39, 0.29) is 11.9 Å². The van der Waals surface area contributed by atoms with Gasteiger partial charge in [-0.1, -0.05) is 30.3 Å². The number of nitrogens with one attached hydrogen (secondary N) is 1. The van der Waals surface area contributed by atoms with Crippen LogP contribution in [0.3, 0.4) is 0 Å². The SMILES string of the molecule is Cn1cnnc1CCNC(=O)CCC(N)c1ccccc1. The summed E-state index contributed by atoms with van der Waals surface area (Å²) in [6.45, 7) is 0.561. The Morgan fingerprint density at radius 3 is 2.81 bits per heavy atom. The first-order valence-electron chi connectivity index (χ1n) is 7.07. The third-order valence-corrected chi connectivity index (χ3v) is 3.39. The Balaban J connectivity index is 1.67. The summed E-state index contributed by atoms with van der Waals surface area (Å²) in [5, 5.41) is 10.6. The molecule has 2 rings (SSSR count). The molecular weight excluding hydrogens is 266 g/mol. The lowest BCUT2D eigenvalue weighted by Gasteiger charge is -2.11. The van der Waals surface area contributed by atoms with E-state index < -0.39 is 0 Å². The number of amides is 1. The molecule has 21 heavy (non-hydrogen) atoms. The first-order chi connectivity index (χ1) is 10.2. The molecule has 1 aromatic carbocycles. The average Bonchev–Trinajstić information content (AvgIpc) is 2.91. The number of aryl methyl sites for hydroxylation is 1. The Hall–Kier alpha value is -2.21. The van der Waals surface area contributed by atoms with Crippen LogP contribution in [0.5, 0.6) is 0 Å². The van der Waals surface area contributed by atoms with Crippen LogP contribution >= 0.6 is 0 Å². The first-order valence-corrected chi connectivity index (χ1v) is 7.07. The molecule has 0 fully saturated rings. The fraction of sp³-hybridized carbons (Fsp3) is 0.400. The minimum Gasteiger partial charge on any atom is -0.356 e. The van der Waals surface area contributed by atoms with Gasteiger partial charge in [-0.25, -0.2) is 0 Å². The lowest BCUT2D eigenvalue weighted by Crippen LogP contribution is -2.27. The number of hydrogen-bond donors (Lipinski definition) is 2. The van der Waals surface area contributed by atoms with Gasteiger partial charge in [0.25, 0.3) is 0 Å². The van der Waals surface area contributed by atoms with Gasteiger partial charge < -0.3 is 15.6 Å². The summed E-state index contributed by atoms with van der Waals surface area (Å²) in [5.74, 6) is 0.875. The second-order valence-corrected chi connectivity index (χ2v) is 5.01. The molecule has 0 aliphatic heterocycles. The van der Waals surface area contributed by atoms with E-state index in [0.717, 1.165) is 11.4 Å². The molecule has 0 spiro atoms. The van der Waals surface area contributed by atoms with E-state index in [2.05, 4.69) is 15.5 Å². The van der Waals surface area contributed by atoms with Gasteiger partial charge in [0.2, 0.25) is 5.91 Å². The fourth-order valence-corrected chi connectivity index (χ4v) is 2.09. The van der Waals surface area contributed by atoms with Crippen LogP contribution in [0, 0.1) is 0 Å². The van der Waals surface area contributed by atoms with Crippen LogP contribution in [0.15, 0.2) is 36.7 Å². The fourth-order valence-electron chi connectivity index (χ4n) is 2.09. The monoisotopic (exact) mass is 287 g/mol. The van der Waals surface area contributed by atoms with Gasteiger partial charge in [-0.3, -0.25) is 4.79 Å². The maximum atomic E-state index is 11.8. The van der Waals surface area contributed by atoms with Crippen molar-refractivity contribution in [2.24, 2.45) is 12.8 Å². The van der Waals surface area contributed by atoms with Crippen LogP contribution in [0.25, 0.3) is 0 Å². The Kier molecular flexibility index (Phi) is 5.45. The molecule has 1 unspecified atom stereocenters. The number of benzene rings is 1. The second-order valence-electron chi connectivity index (χ2n) is 5.01. The van der Waals surface area contributed by atoms with Gasteiger partial charge in [0.1, 0.15) is 12.2 Å². The summed E-state index contributed by atoms with van der Waals surface area (Å²) < 4.78 is 1.84. The lowest BCUT2D eigenvalue weighted by atomic mass is 10.0. The Morgan fingerprint density at radius 1 is 1.38 bits per heavy atom. The third-order valence-electron chi connectivity index (χ3n) is 3.39.